The van der Waals surface area contributed by atoms with Crippen molar-refractivity contribution in [3.8, 4) is 11.8 Å². The Morgan fingerprint density at radius 1 is 1.00 bits per heavy atom. The molecule has 208 valence electrons. The van der Waals surface area contributed by atoms with Crippen molar-refractivity contribution in [3.63, 3.8) is 0 Å². The molecular formula is C32H39NO6. The van der Waals surface area contributed by atoms with Crippen LogP contribution in [0.4, 0.5) is 0 Å². The highest BCUT2D eigenvalue weighted by molar-refractivity contribution is 5.47. The molecule has 7 heteroatoms. The van der Waals surface area contributed by atoms with Crippen LogP contribution in [0, 0.1) is 23.2 Å². The van der Waals surface area contributed by atoms with Crippen molar-refractivity contribution >= 4 is 0 Å². The summed E-state index contributed by atoms with van der Waals surface area (Å²) < 4.78 is 30.7. The fraction of sp³-hybridized carbons (Fsp3) is 0.719. The van der Waals surface area contributed by atoms with Crippen molar-refractivity contribution in [1.82, 2.24) is 0 Å². The van der Waals surface area contributed by atoms with Crippen LogP contribution in [0.15, 0.2) is 35.4 Å². The Morgan fingerprint density at radius 2 is 1.85 bits per heavy atom. The lowest BCUT2D eigenvalue weighted by Gasteiger charge is -2.53. The molecule has 2 spiro atoms. The van der Waals surface area contributed by atoms with Crippen LogP contribution in [0.25, 0.3) is 0 Å². The van der Waals surface area contributed by atoms with Crippen LogP contribution >= 0.6 is 0 Å². The molecule has 1 unspecified atom stereocenters. The lowest BCUT2D eigenvalue weighted by Crippen LogP contribution is -2.53. The maximum atomic E-state index is 12.2. The molecule has 7 atom stereocenters. The van der Waals surface area contributed by atoms with E-state index in [0.29, 0.717) is 37.9 Å². The van der Waals surface area contributed by atoms with Crippen molar-refractivity contribution in [2.75, 3.05) is 19.8 Å². The van der Waals surface area contributed by atoms with Gasteiger partial charge in [0.15, 0.2) is 12.1 Å². The van der Waals surface area contributed by atoms with E-state index in [0.717, 1.165) is 76.6 Å². The molecule has 0 radical (unpaired) electrons. The minimum absolute atomic E-state index is 0.159. The quantitative estimate of drug-likeness (QED) is 0.416. The van der Waals surface area contributed by atoms with Gasteiger partial charge in [0.1, 0.15) is 17.0 Å². The van der Waals surface area contributed by atoms with Crippen LogP contribution in [-0.4, -0.2) is 53.8 Å². The van der Waals surface area contributed by atoms with Crippen LogP contribution in [0.1, 0.15) is 88.5 Å². The first-order chi connectivity index (χ1) is 19.0. The van der Waals surface area contributed by atoms with Crippen LogP contribution in [0.5, 0.6) is 5.75 Å². The smallest absolute Gasteiger partial charge is 0.199 e. The summed E-state index contributed by atoms with van der Waals surface area (Å²) in [5.74, 6) is 1.17. The first kappa shape index (κ1) is 24.8. The first-order valence-corrected chi connectivity index (χ1v) is 15.2. The van der Waals surface area contributed by atoms with E-state index in [9.17, 15) is 10.4 Å². The predicted octanol–water partition coefficient (Wildman–Crippen LogP) is 5.28. The second-order valence-corrected chi connectivity index (χ2v) is 13.1. The first-order valence-electron chi connectivity index (χ1n) is 15.2. The van der Waals surface area contributed by atoms with Gasteiger partial charge in [-0.05, 0) is 86.5 Å². The maximum Gasteiger partial charge on any atom is 0.199 e. The number of hydrogen-bond donors (Lipinski definition) is 1. The third-order valence-corrected chi connectivity index (χ3v) is 11.3. The zero-order chi connectivity index (χ0) is 26.3. The van der Waals surface area contributed by atoms with Gasteiger partial charge in [-0.3, -0.25) is 0 Å². The molecule has 3 saturated heterocycles. The predicted molar refractivity (Wildman–Crippen MR) is 141 cm³/mol. The number of aliphatic hydroxyl groups is 1. The van der Waals surface area contributed by atoms with E-state index in [-0.39, 0.29) is 23.4 Å². The molecular weight excluding hydrogens is 494 g/mol. The number of epoxide rings is 1. The molecule has 3 aliphatic heterocycles. The van der Waals surface area contributed by atoms with E-state index in [2.05, 4.69) is 30.3 Å². The molecule has 39 heavy (non-hydrogen) atoms. The highest BCUT2D eigenvalue weighted by Crippen LogP contribution is 2.74. The van der Waals surface area contributed by atoms with Crippen molar-refractivity contribution in [2.45, 2.75) is 112 Å². The monoisotopic (exact) mass is 533 g/mol. The Hall–Kier alpha value is -1.95. The van der Waals surface area contributed by atoms with E-state index in [1.807, 2.05) is 0 Å². The number of benzene rings is 1. The molecule has 0 aromatic heterocycles. The lowest BCUT2D eigenvalue weighted by molar-refractivity contribution is -0.208. The van der Waals surface area contributed by atoms with Crippen molar-refractivity contribution in [1.29, 1.82) is 5.26 Å². The van der Waals surface area contributed by atoms with Gasteiger partial charge in [-0.1, -0.05) is 17.7 Å². The Bertz CT molecular complexity index is 1210. The molecule has 1 aromatic carbocycles. The van der Waals surface area contributed by atoms with Crippen LogP contribution in [0.3, 0.4) is 0 Å². The summed E-state index contributed by atoms with van der Waals surface area (Å²) in [5, 5.41) is 21.8. The zero-order valence-electron chi connectivity index (χ0n) is 22.7. The topological polar surface area (TPSA) is 93.5 Å². The fourth-order valence-corrected chi connectivity index (χ4v) is 9.62. The average Bonchev–Trinajstić information content (AvgIpc) is 3.19. The largest absolute Gasteiger partial charge is 0.465 e. The number of allylic oxidation sites excluding steroid dienone is 1. The highest BCUT2D eigenvalue weighted by atomic mass is 16.7. The van der Waals surface area contributed by atoms with E-state index in [1.165, 1.54) is 16.7 Å². The normalized spacial score (nSPS) is 43.7. The number of nitriles is 1. The van der Waals surface area contributed by atoms with E-state index in [4.69, 9.17) is 23.7 Å². The Balaban J connectivity index is 1.16. The number of ether oxygens (including phenoxy) is 5. The second-order valence-electron chi connectivity index (χ2n) is 13.1. The van der Waals surface area contributed by atoms with Gasteiger partial charge in [0.05, 0.1) is 37.9 Å². The van der Waals surface area contributed by atoms with Gasteiger partial charge < -0.3 is 28.8 Å². The lowest BCUT2D eigenvalue weighted by atomic mass is 9.54. The van der Waals surface area contributed by atoms with E-state index < -0.39 is 11.4 Å². The summed E-state index contributed by atoms with van der Waals surface area (Å²) in [6, 6.07) is 11.0. The summed E-state index contributed by atoms with van der Waals surface area (Å²) in [7, 11) is 0. The van der Waals surface area contributed by atoms with Crippen LogP contribution < -0.4 is 4.74 Å². The third kappa shape index (κ3) is 3.65. The fourth-order valence-electron chi connectivity index (χ4n) is 9.62. The average molecular weight is 534 g/mol. The van der Waals surface area contributed by atoms with Gasteiger partial charge in [0, 0.05) is 25.2 Å². The summed E-state index contributed by atoms with van der Waals surface area (Å²) in [6.07, 6.45) is 10.3. The van der Waals surface area contributed by atoms with Crippen LogP contribution in [0.2, 0.25) is 0 Å². The molecule has 6 fully saturated rings. The summed E-state index contributed by atoms with van der Waals surface area (Å²) in [5.41, 5.74) is 2.55. The van der Waals surface area contributed by atoms with E-state index >= 15 is 0 Å². The van der Waals surface area contributed by atoms with E-state index in [1.54, 1.807) is 0 Å². The second kappa shape index (κ2) is 8.77. The number of nitrogens with zero attached hydrogens (tertiary/aromatic N) is 1. The van der Waals surface area contributed by atoms with Gasteiger partial charge in [-0.25, -0.2) is 0 Å². The van der Waals surface area contributed by atoms with Crippen molar-refractivity contribution in [2.24, 2.45) is 11.8 Å². The molecule has 7 nitrogen and oxygen atoms in total. The van der Waals surface area contributed by atoms with Gasteiger partial charge in [-0.15, -0.1) is 0 Å². The number of fused-ring (bicyclic) bond motifs is 3. The van der Waals surface area contributed by atoms with Gasteiger partial charge in [0.2, 0.25) is 0 Å². The number of rotatable bonds is 4. The number of hydrogen-bond acceptors (Lipinski definition) is 7. The zero-order valence-corrected chi connectivity index (χ0v) is 22.7. The Kier molecular flexibility index (Phi) is 5.58. The van der Waals surface area contributed by atoms with Crippen molar-refractivity contribution in [3.05, 3.63) is 41.0 Å². The van der Waals surface area contributed by atoms with Gasteiger partial charge in [-0.2, -0.15) is 5.26 Å². The molecule has 0 amide bonds. The highest BCUT2D eigenvalue weighted by Gasteiger charge is 2.79. The minimum Gasteiger partial charge on any atom is -0.465 e. The van der Waals surface area contributed by atoms with Gasteiger partial charge in [0.25, 0.3) is 0 Å². The molecule has 8 rings (SSSR count). The molecule has 3 heterocycles. The SMILES string of the molecule is N#CC[C@]12CC[C@H]3[C@@H]4CC[C@@]5(O)CC6(CCC5=C4[C@@H](c4ccc(OC5CCCCO5)cc4)C[C@@]31O2)OCCO6. The molecule has 3 saturated carbocycles. The molecule has 4 aliphatic carbocycles. The van der Waals surface area contributed by atoms with Crippen LogP contribution in [-0.2, 0) is 18.9 Å². The Labute approximate surface area is 230 Å². The molecule has 0 bridgehead atoms. The molecule has 7 aliphatic rings. The maximum absolute atomic E-state index is 12.2. The summed E-state index contributed by atoms with van der Waals surface area (Å²) in [6.45, 7) is 1.98. The summed E-state index contributed by atoms with van der Waals surface area (Å²) in [4.78, 5) is 0. The standard InChI is InChI=1S/C32H39NO6/c33-15-14-30-12-9-25-23-8-11-29(34)20-31(36-17-18-37-31)13-10-26(29)28(23)24(19-32(25,30)39-30)21-4-6-22(7-5-21)38-27-3-1-2-16-35-27/h4-7,23-25,27,34H,1-3,8-14,16-20H2/t23-,24+,25-,27?,29+,30+,32+/m0/s1. The molecule has 1 N–H and O–H groups in total. The molecule has 1 aromatic rings. The Morgan fingerprint density at radius 3 is 2.62 bits per heavy atom. The van der Waals surface area contributed by atoms with Crippen molar-refractivity contribution < 1.29 is 28.8 Å². The minimum atomic E-state index is -0.884. The summed E-state index contributed by atoms with van der Waals surface area (Å²) >= 11 is 0. The third-order valence-electron chi connectivity index (χ3n) is 11.3. The van der Waals surface area contributed by atoms with Gasteiger partial charge >= 0.3 is 0 Å².